The summed E-state index contributed by atoms with van der Waals surface area (Å²) in [6, 6.07) is 0. The lowest BCUT2D eigenvalue weighted by Crippen LogP contribution is -2.43. The van der Waals surface area contributed by atoms with Crippen molar-refractivity contribution in [1.29, 1.82) is 0 Å². The van der Waals surface area contributed by atoms with Gasteiger partial charge in [0.25, 0.3) is 0 Å². The molecule has 94 valence electrons. The molecule has 2 N–H and O–H groups in total. The van der Waals surface area contributed by atoms with E-state index in [1.807, 2.05) is 4.90 Å². The maximum Gasteiger partial charge on any atom is 0.232 e. The molecular formula is C12H24N2OS. The molecule has 0 radical (unpaired) electrons. The number of hydrogen-bond donors (Lipinski definition) is 1. The molecule has 3 atom stereocenters. The van der Waals surface area contributed by atoms with Gasteiger partial charge in [0.15, 0.2) is 0 Å². The van der Waals surface area contributed by atoms with Crippen LogP contribution in [0.5, 0.6) is 0 Å². The number of carbonyl (C=O) groups is 1. The molecule has 0 aliphatic carbocycles. The monoisotopic (exact) mass is 244 g/mol. The Morgan fingerprint density at radius 2 is 2.00 bits per heavy atom. The Balaban J connectivity index is 2.35. The Kier molecular flexibility index (Phi) is 5.62. The molecule has 0 spiro atoms. The molecule has 0 bridgehead atoms. The number of hydrogen-bond acceptors (Lipinski definition) is 3. The first-order valence-corrected chi connectivity index (χ1v) is 7.17. The fourth-order valence-electron chi connectivity index (χ4n) is 2.24. The van der Waals surface area contributed by atoms with Crippen LogP contribution >= 0.6 is 11.8 Å². The Bertz CT molecular complexity index is 225. The number of nitrogens with zero attached hydrogens (tertiary/aromatic N) is 1. The first-order valence-electron chi connectivity index (χ1n) is 6.12. The van der Waals surface area contributed by atoms with E-state index in [4.69, 9.17) is 5.73 Å². The molecular weight excluding hydrogens is 220 g/mol. The first-order chi connectivity index (χ1) is 7.52. The number of piperidine rings is 1. The minimum Gasteiger partial charge on any atom is -0.341 e. The zero-order valence-corrected chi connectivity index (χ0v) is 11.4. The standard InChI is InChI=1S/C12H24N2OS/c1-9-4-10(2)7-14(6-9)12(15)8-16-11(3)5-13/h9-11H,4-8,13H2,1-3H3. The van der Waals surface area contributed by atoms with E-state index in [-0.39, 0.29) is 5.91 Å². The minimum absolute atomic E-state index is 0.281. The van der Waals surface area contributed by atoms with E-state index in [0.717, 1.165) is 13.1 Å². The second-order valence-electron chi connectivity index (χ2n) is 5.10. The molecule has 16 heavy (non-hydrogen) atoms. The topological polar surface area (TPSA) is 46.3 Å². The van der Waals surface area contributed by atoms with Gasteiger partial charge in [-0.3, -0.25) is 4.79 Å². The number of amides is 1. The van der Waals surface area contributed by atoms with E-state index in [2.05, 4.69) is 20.8 Å². The van der Waals surface area contributed by atoms with Gasteiger partial charge in [-0.1, -0.05) is 20.8 Å². The largest absolute Gasteiger partial charge is 0.341 e. The van der Waals surface area contributed by atoms with Crippen molar-refractivity contribution in [2.45, 2.75) is 32.4 Å². The molecule has 1 amide bonds. The molecule has 0 aromatic heterocycles. The summed E-state index contributed by atoms with van der Waals surface area (Å²) < 4.78 is 0. The van der Waals surface area contributed by atoms with E-state index in [1.54, 1.807) is 11.8 Å². The van der Waals surface area contributed by atoms with Crippen LogP contribution in [0.25, 0.3) is 0 Å². The van der Waals surface area contributed by atoms with Crippen molar-refractivity contribution in [2.75, 3.05) is 25.4 Å². The number of carbonyl (C=O) groups excluding carboxylic acids is 1. The zero-order valence-electron chi connectivity index (χ0n) is 10.6. The molecule has 1 aliphatic heterocycles. The zero-order chi connectivity index (χ0) is 12.1. The van der Waals surface area contributed by atoms with Crippen molar-refractivity contribution in [3.63, 3.8) is 0 Å². The minimum atomic E-state index is 0.281. The molecule has 1 saturated heterocycles. The highest BCUT2D eigenvalue weighted by Gasteiger charge is 2.25. The van der Waals surface area contributed by atoms with Crippen LogP contribution in [0.1, 0.15) is 27.2 Å². The van der Waals surface area contributed by atoms with Gasteiger partial charge < -0.3 is 10.6 Å². The van der Waals surface area contributed by atoms with Crippen molar-refractivity contribution >= 4 is 17.7 Å². The van der Waals surface area contributed by atoms with Crippen molar-refractivity contribution in [1.82, 2.24) is 4.90 Å². The van der Waals surface area contributed by atoms with Crippen LogP contribution in [0.3, 0.4) is 0 Å². The van der Waals surface area contributed by atoms with Crippen molar-refractivity contribution in [2.24, 2.45) is 17.6 Å². The van der Waals surface area contributed by atoms with Gasteiger partial charge in [-0.25, -0.2) is 0 Å². The lowest BCUT2D eigenvalue weighted by atomic mass is 9.92. The van der Waals surface area contributed by atoms with Gasteiger partial charge in [0, 0.05) is 24.9 Å². The smallest absolute Gasteiger partial charge is 0.232 e. The van der Waals surface area contributed by atoms with E-state index in [0.29, 0.717) is 29.4 Å². The summed E-state index contributed by atoms with van der Waals surface area (Å²) in [5, 5.41) is 0.378. The molecule has 0 saturated carbocycles. The molecule has 1 rings (SSSR count). The summed E-state index contributed by atoms with van der Waals surface area (Å²) in [5.41, 5.74) is 5.54. The fraction of sp³-hybridized carbons (Fsp3) is 0.917. The second-order valence-corrected chi connectivity index (χ2v) is 6.53. The average Bonchev–Trinajstić information content (AvgIpc) is 2.23. The van der Waals surface area contributed by atoms with E-state index >= 15 is 0 Å². The second kappa shape index (κ2) is 6.50. The third kappa shape index (κ3) is 4.34. The maximum atomic E-state index is 12.0. The van der Waals surface area contributed by atoms with Gasteiger partial charge in [-0.2, -0.15) is 0 Å². The highest BCUT2D eigenvalue weighted by molar-refractivity contribution is 8.00. The maximum absolute atomic E-state index is 12.0. The highest BCUT2D eigenvalue weighted by Crippen LogP contribution is 2.22. The third-order valence-electron chi connectivity index (χ3n) is 3.04. The van der Waals surface area contributed by atoms with Gasteiger partial charge in [-0.15, -0.1) is 11.8 Å². The van der Waals surface area contributed by atoms with Gasteiger partial charge in [0.2, 0.25) is 5.91 Å². The quantitative estimate of drug-likeness (QED) is 0.816. The SMILES string of the molecule is CC1CC(C)CN(C(=O)CSC(C)CN)C1. The first kappa shape index (κ1) is 13.8. The van der Waals surface area contributed by atoms with Gasteiger partial charge >= 0.3 is 0 Å². The van der Waals surface area contributed by atoms with Crippen LogP contribution in [-0.4, -0.2) is 41.4 Å². The van der Waals surface area contributed by atoms with Crippen LogP contribution in [-0.2, 0) is 4.79 Å². The van der Waals surface area contributed by atoms with Crippen LogP contribution in [0, 0.1) is 11.8 Å². The predicted molar refractivity (Wildman–Crippen MR) is 70.5 cm³/mol. The highest BCUT2D eigenvalue weighted by atomic mass is 32.2. The molecule has 4 heteroatoms. The summed E-state index contributed by atoms with van der Waals surface area (Å²) in [6.45, 7) is 9.03. The molecule has 1 heterocycles. The molecule has 0 aromatic carbocycles. The Hall–Kier alpha value is -0.220. The van der Waals surface area contributed by atoms with Crippen LogP contribution < -0.4 is 5.73 Å². The summed E-state index contributed by atoms with van der Waals surface area (Å²) in [4.78, 5) is 14.0. The summed E-state index contributed by atoms with van der Waals surface area (Å²) >= 11 is 1.66. The van der Waals surface area contributed by atoms with Crippen LogP contribution in [0.4, 0.5) is 0 Å². The normalized spacial score (nSPS) is 27.9. The molecule has 1 aliphatic rings. The van der Waals surface area contributed by atoms with E-state index in [9.17, 15) is 4.79 Å². The number of rotatable bonds is 4. The molecule has 3 unspecified atom stereocenters. The Labute approximate surface area is 103 Å². The van der Waals surface area contributed by atoms with E-state index in [1.165, 1.54) is 6.42 Å². The molecule has 3 nitrogen and oxygen atoms in total. The Morgan fingerprint density at radius 1 is 1.44 bits per heavy atom. The summed E-state index contributed by atoms with van der Waals surface area (Å²) in [7, 11) is 0. The summed E-state index contributed by atoms with van der Waals surface area (Å²) in [6.07, 6.45) is 1.25. The molecule has 0 aromatic rings. The number of likely N-dealkylation sites (tertiary alicyclic amines) is 1. The van der Waals surface area contributed by atoms with Gasteiger partial charge in [-0.05, 0) is 18.3 Å². The lowest BCUT2D eigenvalue weighted by molar-refractivity contribution is -0.130. The van der Waals surface area contributed by atoms with Crippen LogP contribution in [0.2, 0.25) is 0 Å². The fourth-order valence-corrected chi connectivity index (χ4v) is 2.99. The van der Waals surface area contributed by atoms with Crippen LogP contribution in [0.15, 0.2) is 0 Å². The van der Waals surface area contributed by atoms with Gasteiger partial charge in [0.05, 0.1) is 5.75 Å². The van der Waals surface area contributed by atoms with Crippen molar-refractivity contribution in [3.05, 3.63) is 0 Å². The third-order valence-corrected chi connectivity index (χ3v) is 4.22. The Morgan fingerprint density at radius 3 is 2.50 bits per heavy atom. The number of nitrogens with two attached hydrogens (primary N) is 1. The van der Waals surface area contributed by atoms with E-state index < -0.39 is 0 Å². The molecule has 1 fully saturated rings. The lowest BCUT2D eigenvalue weighted by Gasteiger charge is -2.35. The van der Waals surface area contributed by atoms with Crippen molar-refractivity contribution < 1.29 is 4.79 Å². The number of thioether (sulfide) groups is 1. The van der Waals surface area contributed by atoms with Gasteiger partial charge in [0.1, 0.15) is 0 Å². The predicted octanol–water partition coefficient (Wildman–Crippen LogP) is 1.57. The summed E-state index contributed by atoms with van der Waals surface area (Å²) in [5.74, 6) is 2.15. The average molecular weight is 244 g/mol. The van der Waals surface area contributed by atoms with Crippen molar-refractivity contribution in [3.8, 4) is 0 Å².